The molecular weight excluding hydrogens is 244 g/mol. The van der Waals surface area contributed by atoms with Crippen LogP contribution >= 0.6 is 0 Å². The van der Waals surface area contributed by atoms with E-state index in [0.717, 1.165) is 11.3 Å². The summed E-state index contributed by atoms with van der Waals surface area (Å²) in [5, 5.41) is 6.96. The number of hydrogen-bond donors (Lipinski definition) is 3. The molecule has 0 aliphatic heterocycles. The third-order valence-electron chi connectivity index (χ3n) is 2.95. The van der Waals surface area contributed by atoms with Crippen molar-refractivity contribution in [3.05, 3.63) is 41.3 Å². The normalized spacial score (nSPS) is 10.3. The SMILES string of the molecule is Cc1c(CNC(=O)c2ccnc(NN)c2)cnn1C. The molecule has 19 heavy (non-hydrogen) atoms. The van der Waals surface area contributed by atoms with E-state index in [4.69, 9.17) is 5.84 Å². The third-order valence-corrected chi connectivity index (χ3v) is 2.95. The lowest BCUT2D eigenvalue weighted by Crippen LogP contribution is -2.23. The van der Waals surface area contributed by atoms with Crippen LogP contribution in [0.4, 0.5) is 5.82 Å². The van der Waals surface area contributed by atoms with Gasteiger partial charge in [0.05, 0.1) is 6.20 Å². The lowest BCUT2D eigenvalue weighted by molar-refractivity contribution is 0.0951. The molecule has 0 aliphatic carbocycles. The summed E-state index contributed by atoms with van der Waals surface area (Å²) < 4.78 is 1.77. The summed E-state index contributed by atoms with van der Waals surface area (Å²) in [6, 6.07) is 3.22. The Morgan fingerprint density at radius 1 is 1.53 bits per heavy atom. The van der Waals surface area contributed by atoms with Crippen LogP contribution < -0.4 is 16.6 Å². The van der Waals surface area contributed by atoms with Crippen LogP contribution in [0.1, 0.15) is 21.6 Å². The Balaban J connectivity index is 2.03. The van der Waals surface area contributed by atoms with Crippen LogP contribution in [0.25, 0.3) is 0 Å². The van der Waals surface area contributed by atoms with E-state index in [1.54, 1.807) is 23.0 Å². The molecule has 7 nitrogen and oxygen atoms in total. The number of aryl methyl sites for hydroxylation is 1. The Morgan fingerprint density at radius 2 is 2.32 bits per heavy atom. The van der Waals surface area contributed by atoms with E-state index >= 15 is 0 Å². The zero-order valence-corrected chi connectivity index (χ0v) is 10.8. The molecule has 0 atom stereocenters. The first-order valence-electron chi connectivity index (χ1n) is 5.80. The quantitative estimate of drug-likeness (QED) is 0.544. The summed E-state index contributed by atoms with van der Waals surface area (Å²) in [6.45, 7) is 2.39. The van der Waals surface area contributed by atoms with Gasteiger partial charge in [0.2, 0.25) is 0 Å². The summed E-state index contributed by atoms with van der Waals surface area (Å²) in [4.78, 5) is 15.9. The molecule has 0 saturated heterocycles. The lowest BCUT2D eigenvalue weighted by Gasteiger charge is -2.06. The van der Waals surface area contributed by atoms with E-state index in [0.29, 0.717) is 17.9 Å². The number of nitrogens with one attached hydrogen (secondary N) is 2. The minimum atomic E-state index is -0.179. The van der Waals surface area contributed by atoms with Crippen molar-refractivity contribution in [3.8, 4) is 0 Å². The number of nitrogens with two attached hydrogens (primary N) is 1. The van der Waals surface area contributed by atoms with Crippen LogP contribution in [0.3, 0.4) is 0 Å². The molecule has 0 unspecified atom stereocenters. The zero-order chi connectivity index (χ0) is 13.8. The van der Waals surface area contributed by atoms with Crippen LogP contribution in [0.2, 0.25) is 0 Å². The largest absolute Gasteiger partial charge is 0.348 e. The number of nitrogen functional groups attached to an aromatic ring is 1. The van der Waals surface area contributed by atoms with E-state index in [-0.39, 0.29) is 5.91 Å². The van der Waals surface area contributed by atoms with E-state index in [2.05, 4.69) is 20.8 Å². The summed E-state index contributed by atoms with van der Waals surface area (Å²) in [5.41, 5.74) is 4.92. The summed E-state index contributed by atoms with van der Waals surface area (Å²) >= 11 is 0. The highest BCUT2D eigenvalue weighted by atomic mass is 16.1. The van der Waals surface area contributed by atoms with Gasteiger partial charge >= 0.3 is 0 Å². The molecule has 2 rings (SSSR count). The van der Waals surface area contributed by atoms with Gasteiger partial charge in [0.25, 0.3) is 5.91 Å². The molecular formula is C12H16N6O. The number of anilines is 1. The van der Waals surface area contributed by atoms with Crippen LogP contribution in [0.15, 0.2) is 24.5 Å². The van der Waals surface area contributed by atoms with Crippen molar-refractivity contribution in [2.45, 2.75) is 13.5 Å². The number of hydrogen-bond acceptors (Lipinski definition) is 5. The number of aromatic nitrogens is 3. The van der Waals surface area contributed by atoms with Gasteiger partial charge < -0.3 is 10.7 Å². The second kappa shape index (κ2) is 5.49. The average Bonchev–Trinajstić information content (AvgIpc) is 2.76. The average molecular weight is 260 g/mol. The van der Waals surface area contributed by atoms with Crippen molar-refractivity contribution in [1.82, 2.24) is 20.1 Å². The summed E-state index contributed by atoms with van der Waals surface area (Å²) in [7, 11) is 1.86. The fourth-order valence-electron chi connectivity index (χ4n) is 1.65. The Bertz CT molecular complexity index is 592. The maximum Gasteiger partial charge on any atom is 0.251 e. The minimum absolute atomic E-state index is 0.179. The smallest absolute Gasteiger partial charge is 0.251 e. The highest BCUT2D eigenvalue weighted by molar-refractivity contribution is 5.94. The maximum atomic E-state index is 12.0. The van der Waals surface area contributed by atoms with Crippen molar-refractivity contribution in [2.24, 2.45) is 12.9 Å². The van der Waals surface area contributed by atoms with E-state index in [9.17, 15) is 4.79 Å². The van der Waals surface area contributed by atoms with Crippen LogP contribution in [-0.2, 0) is 13.6 Å². The van der Waals surface area contributed by atoms with Crippen molar-refractivity contribution < 1.29 is 4.79 Å². The molecule has 0 bridgehead atoms. The predicted molar refractivity (Wildman–Crippen MR) is 71.2 cm³/mol. The second-order valence-corrected chi connectivity index (χ2v) is 4.14. The van der Waals surface area contributed by atoms with Crippen molar-refractivity contribution >= 4 is 11.7 Å². The van der Waals surface area contributed by atoms with E-state index in [1.807, 2.05) is 14.0 Å². The number of amides is 1. The Kier molecular flexibility index (Phi) is 3.76. The standard InChI is InChI=1S/C12H16N6O/c1-8-10(7-16-18(8)2)6-15-12(19)9-3-4-14-11(5-9)17-13/h3-5,7H,6,13H2,1-2H3,(H,14,17)(H,15,19). The molecule has 0 spiro atoms. The number of carbonyl (C=O) groups is 1. The minimum Gasteiger partial charge on any atom is -0.348 e. The molecule has 0 saturated carbocycles. The molecule has 0 fully saturated rings. The summed E-state index contributed by atoms with van der Waals surface area (Å²) in [5.74, 6) is 5.52. The lowest BCUT2D eigenvalue weighted by atomic mass is 10.2. The molecule has 2 aromatic heterocycles. The topological polar surface area (TPSA) is 97.9 Å². The molecule has 100 valence electrons. The maximum absolute atomic E-state index is 12.0. The van der Waals surface area contributed by atoms with Gasteiger partial charge in [-0.2, -0.15) is 5.10 Å². The first-order valence-corrected chi connectivity index (χ1v) is 5.80. The van der Waals surface area contributed by atoms with Gasteiger partial charge in [0.15, 0.2) is 0 Å². The first kappa shape index (κ1) is 13.0. The van der Waals surface area contributed by atoms with Gasteiger partial charge in [0.1, 0.15) is 5.82 Å². The first-order chi connectivity index (χ1) is 9.11. The number of nitrogens with zero attached hydrogens (tertiary/aromatic N) is 3. The highest BCUT2D eigenvalue weighted by Gasteiger charge is 2.08. The zero-order valence-electron chi connectivity index (χ0n) is 10.8. The molecule has 2 aromatic rings. The van der Waals surface area contributed by atoms with E-state index in [1.165, 1.54) is 6.20 Å². The number of pyridine rings is 1. The Hall–Kier alpha value is -2.41. The number of hydrazine groups is 1. The van der Waals surface area contributed by atoms with Crippen LogP contribution in [0, 0.1) is 6.92 Å². The molecule has 0 aliphatic rings. The highest BCUT2D eigenvalue weighted by Crippen LogP contribution is 2.07. The summed E-state index contributed by atoms with van der Waals surface area (Å²) in [6.07, 6.45) is 3.27. The fraction of sp³-hybridized carbons (Fsp3) is 0.250. The number of carbonyl (C=O) groups excluding carboxylic acids is 1. The monoisotopic (exact) mass is 260 g/mol. The molecule has 7 heteroatoms. The van der Waals surface area contributed by atoms with Gasteiger partial charge in [-0.05, 0) is 19.1 Å². The van der Waals surface area contributed by atoms with E-state index < -0.39 is 0 Å². The fourth-order valence-corrected chi connectivity index (χ4v) is 1.65. The Morgan fingerprint density at radius 3 is 2.95 bits per heavy atom. The van der Waals surface area contributed by atoms with Crippen molar-refractivity contribution in [2.75, 3.05) is 5.43 Å². The Labute approximate surface area is 110 Å². The van der Waals surface area contributed by atoms with Crippen LogP contribution in [-0.4, -0.2) is 20.7 Å². The number of rotatable bonds is 4. The molecule has 2 heterocycles. The van der Waals surface area contributed by atoms with Gasteiger partial charge in [0, 0.05) is 36.6 Å². The molecule has 1 amide bonds. The van der Waals surface area contributed by atoms with Gasteiger partial charge in [-0.1, -0.05) is 0 Å². The van der Waals surface area contributed by atoms with Gasteiger partial charge in [-0.3, -0.25) is 9.48 Å². The van der Waals surface area contributed by atoms with Gasteiger partial charge in [-0.15, -0.1) is 0 Å². The third kappa shape index (κ3) is 2.89. The molecule has 4 N–H and O–H groups in total. The van der Waals surface area contributed by atoms with Crippen molar-refractivity contribution in [3.63, 3.8) is 0 Å². The van der Waals surface area contributed by atoms with Crippen molar-refractivity contribution in [1.29, 1.82) is 0 Å². The molecule has 0 aromatic carbocycles. The second-order valence-electron chi connectivity index (χ2n) is 4.14. The van der Waals surface area contributed by atoms with Gasteiger partial charge in [-0.25, -0.2) is 10.8 Å². The predicted octanol–water partition coefficient (Wildman–Crippen LogP) is 0.339. The molecule has 0 radical (unpaired) electrons. The van der Waals surface area contributed by atoms with Crippen LogP contribution in [0.5, 0.6) is 0 Å².